The molecule has 0 aliphatic carbocycles. The van der Waals surface area contributed by atoms with Gasteiger partial charge in [-0.15, -0.1) is 0 Å². The summed E-state index contributed by atoms with van der Waals surface area (Å²) in [5.41, 5.74) is 1.56. The van der Waals surface area contributed by atoms with Crippen molar-refractivity contribution in [2.24, 2.45) is 0 Å². The Kier molecular flexibility index (Phi) is 4.19. The molecule has 1 aromatic rings. The quantitative estimate of drug-likeness (QED) is 0.792. The Morgan fingerprint density at radius 3 is 2.35 bits per heavy atom. The molecule has 0 bridgehead atoms. The lowest BCUT2D eigenvalue weighted by molar-refractivity contribution is -0.0606. The maximum absolute atomic E-state index is 5.70. The molecule has 0 N–H and O–H groups in total. The molecule has 0 saturated carbocycles. The molecule has 2 nitrogen and oxygen atoms in total. The van der Waals surface area contributed by atoms with Gasteiger partial charge in [-0.1, -0.05) is 37.3 Å². The summed E-state index contributed by atoms with van der Waals surface area (Å²) < 4.78 is 5.70. The molecule has 1 aliphatic rings. The van der Waals surface area contributed by atoms with E-state index in [1.807, 2.05) is 7.11 Å². The number of nitrogens with zero attached hydrogens (tertiary/aromatic N) is 1. The average molecular weight is 233 g/mol. The zero-order valence-electron chi connectivity index (χ0n) is 11.0. The maximum Gasteiger partial charge on any atom is 0.0700 e. The van der Waals surface area contributed by atoms with Gasteiger partial charge < -0.3 is 4.74 Å². The summed E-state index contributed by atoms with van der Waals surface area (Å²) in [7, 11) is 1.86. The predicted molar refractivity (Wildman–Crippen MR) is 71.0 cm³/mol. The highest BCUT2D eigenvalue weighted by Crippen LogP contribution is 2.29. The number of likely N-dealkylation sites (tertiary alicyclic amines) is 1. The Labute approximate surface area is 105 Å². The molecule has 2 rings (SSSR count). The molecule has 0 aromatic heterocycles. The highest BCUT2D eigenvalue weighted by molar-refractivity contribution is 5.14. The van der Waals surface area contributed by atoms with Crippen molar-refractivity contribution in [1.82, 2.24) is 4.90 Å². The van der Waals surface area contributed by atoms with Gasteiger partial charge in [0.1, 0.15) is 0 Å². The first-order valence-electron chi connectivity index (χ1n) is 6.59. The lowest BCUT2D eigenvalue weighted by Crippen LogP contribution is -2.44. The van der Waals surface area contributed by atoms with Gasteiger partial charge in [0, 0.05) is 26.7 Å². The smallest absolute Gasteiger partial charge is 0.0700 e. The first-order valence-corrected chi connectivity index (χ1v) is 6.59. The van der Waals surface area contributed by atoms with Crippen molar-refractivity contribution in [3.8, 4) is 0 Å². The van der Waals surface area contributed by atoms with E-state index in [9.17, 15) is 0 Å². The van der Waals surface area contributed by atoms with E-state index in [-0.39, 0.29) is 5.60 Å². The van der Waals surface area contributed by atoms with E-state index in [4.69, 9.17) is 4.74 Å². The monoisotopic (exact) mass is 233 g/mol. The molecular formula is C15H23NO. The lowest BCUT2D eigenvalue weighted by Gasteiger charge is -2.40. The van der Waals surface area contributed by atoms with Crippen LogP contribution in [-0.2, 0) is 11.3 Å². The summed E-state index contributed by atoms with van der Waals surface area (Å²) in [6.45, 7) is 5.61. The molecule has 94 valence electrons. The van der Waals surface area contributed by atoms with Crippen LogP contribution in [-0.4, -0.2) is 30.7 Å². The summed E-state index contributed by atoms with van der Waals surface area (Å²) in [5.74, 6) is 0. The highest BCUT2D eigenvalue weighted by atomic mass is 16.5. The molecule has 0 amide bonds. The van der Waals surface area contributed by atoms with E-state index in [1.54, 1.807) is 0 Å². The van der Waals surface area contributed by atoms with Gasteiger partial charge in [-0.05, 0) is 24.8 Å². The molecule has 17 heavy (non-hydrogen) atoms. The number of rotatable bonds is 4. The summed E-state index contributed by atoms with van der Waals surface area (Å²) in [5, 5.41) is 0. The minimum absolute atomic E-state index is 0.146. The van der Waals surface area contributed by atoms with Crippen LogP contribution in [0.25, 0.3) is 0 Å². The third kappa shape index (κ3) is 3.08. The molecule has 0 radical (unpaired) electrons. The minimum Gasteiger partial charge on any atom is -0.378 e. The molecule has 1 saturated heterocycles. The van der Waals surface area contributed by atoms with Gasteiger partial charge in [-0.2, -0.15) is 0 Å². The Morgan fingerprint density at radius 1 is 1.18 bits per heavy atom. The maximum atomic E-state index is 5.70. The van der Waals surface area contributed by atoms with E-state index in [0.29, 0.717) is 0 Å². The van der Waals surface area contributed by atoms with E-state index in [0.717, 1.165) is 38.9 Å². The van der Waals surface area contributed by atoms with Crippen molar-refractivity contribution in [2.75, 3.05) is 20.2 Å². The minimum atomic E-state index is 0.146. The fourth-order valence-corrected chi connectivity index (χ4v) is 2.66. The molecule has 2 heteroatoms. The largest absolute Gasteiger partial charge is 0.378 e. The van der Waals surface area contributed by atoms with Crippen LogP contribution < -0.4 is 0 Å². The second-order valence-electron chi connectivity index (χ2n) is 5.00. The van der Waals surface area contributed by atoms with Crippen molar-refractivity contribution in [1.29, 1.82) is 0 Å². The first kappa shape index (κ1) is 12.6. The van der Waals surface area contributed by atoms with Crippen LogP contribution in [0.5, 0.6) is 0 Å². The van der Waals surface area contributed by atoms with Gasteiger partial charge in [-0.25, -0.2) is 0 Å². The third-order valence-corrected chi connectivity index (χ3v) is 4.09. The zero-order valence-corrected chi connectivity index (χ0v) is 11.0. The molecule has 0 unspecified atom stereocenters. The van der Waals surface area contributed by atoms with Crippen molar-refractivity contribution in [3.05, 3.63) is 35.9 Å². The van der Waals surface area contributed by atoms with Gasteiger partial charge in [0.25, 0.3) is 0 Å². The Morgan fingerprint density at radius 2 is 1.82 bits per heavy atom. The van der Waals surface area contributed by atoms with Crippen molar-refractivity contribution >= 4 is 0 Å². The van der Waals surface area contributed by atoms with E-state index >= 15 is 0 Å². The standard InChI is InChI=1S/C15H23NO/c1-3-15(17-2)9-11-16(12-10-15)13-14-7-5-4-6-8-14/h4-8H,3,9-13H2,1-2H3. The Hall–Kier alpha value is -0.860. The van der Waals surface area contributed by atoms with Crippen molar-refractivity contribution in [3.63, 3.8) is 0 Å². The van der Waals surface area contributed by atoms with Crippen LogP contribution in [0.15, 0.2) is 30.3 Å². The van der Waals surface area contributed by atoms with Gasteiger partial charge in [0.2, 0.25) is 0 Å². The Bertz CT molecular complexity index is 322. The number of ether oxygens (including phenoxy) is 1. The average Bonchev–Trinajstić information content (AvgIpc) is 2.41. The lowest BCUT2D eigenvalue weighted by atomic mass is 9.88. The first-order chi connectivity index (χ1) is 8.28. The van der Waals surface area contributed by atoms with E-state index < -0.39 is 0 Å². The molecule has 1 heterocycles. The van der Waals surface area contributed by atoms with Gasteiger partial charge in [0.15, 0.2) is 0 Å². The predicted octanol–water partition coefficient (Wildman–Crippen LogP) is 3.08. The zero-order chi connectivity index (χ0) is 12.1. The topological polar surface area (TPSA) is 12.5 Å². The number of hydrogen-bond acceptors (Lipinski definition) is 2. The van der Waals surface area contributed by atoms with Gasteiger partial charge in [0.05, 0.1) is 5.60 Å². The number of methoxy groups -OCH3 is 1. The van der Waals surface area contributed by atoms with Gasteiger partial charge >= 0.3 is 0 Å². The van der Waals surface area contributed by atoms with Crippen LogP contribution in [0.3, 0.4) is 0 Å². The molecular weight excluding hydrogens is 210 g/mol. The molecule has 0 spiro atoms. The second-order valence-corrected chi connectivity index (χ2v) is 5.00. The van der Waals surface area contributed by atoms with Crippen molar-refractivity contribution in [2.45, 2.75) is 38.3 Å². The molecule has 1 aliphatic heterocycles. The summed E-state index contributed by atoms with van der Waals surface area (Å²) in [4.78, 5) is 2.53. The molecule has 1 fully saturated rings. The SMILES string of the molecule is CCC1(OC)CCN(Cc2ccccc2)CC1. The van der Waals surface area contributed by atoms with Crippen LogP contribution in [0.4, 0.5) is 0 Å². The van der Waals surface area contributed by atoms with Crippen LogP contribution >= 0.6 is 0 Å². The number of hydrogen-bond donors (Lipinski definition) is 0. The number of piperidine rings is 1. The van der Waals surface area contributed by atoms with Crippen LogP contribution in [0, 0.1) is 0 Å². The summed E-state index contributed by atoms with van der Waals surface area (Å²) in [6.07, 6.45) is 3.45. The Balaban J connectivity index is 1.87. The fourth-order valence-electron chi connectivity index (χ4n) is 2.66. The normalized spacial score (nSPS) is 20.4. The molecule has 0 atom stereocenters. The van der Waals surface area contributed by atoms with E-state index in [1.165, 1.54) is 5.56 Å². The summed E-state index contributed by atoms with van der Waals surface area (Å²) >= 11 is 0. The third-order valence-electron chi connectivity index (χ3n) is 4.09. The number of benzene rings is 1. The summed E-state index contributed by atoms with van der Waals surface area (Å²) in [6, 6.07) is 10.7. The fraction of sp³-hybridized carbons (Fsp3) is 0.600. The van der Waals surface area contributed by atoms with E-state index in [2.05, 4.69) is 42.2 Å². The van der Waals surface area contributed by atoms with Crippen LogP contribution in [0.2, 0.25) is 0 Å². The second kappa shape index (κ2) is 5.65. The van der Waals surface area contributed by atoms with Crippen molar-refractivity contribution < 1.29 is 4.74 Å². The van der Waals surface area contributed by atoms with Crippen LogP contribution in [0.1, 0.15) is 31.7 Å². The van der Waals surface area contributed by atoms with Gasteiger partial charge in [-0.3, -0.25) is 4.90 Å². The molecule has 1 aromatic carbocycles. The highest BCUT2D eigenvalue weighted by Gasteiger charge is 2.32.